The molecule has 4 aromatic carbocycles. The lowest BCUT2D eigenvalue weighted by Gasteiger charge is -2.07. The number of hydrogen-bond donors (Lipinski definition) is 0. The van der Waals surface area contributed by atoms with Crippen LogP contribution in [0.4, 0.5) is 0 Å². The zero-order valence-electron chi connectivity index (χ0n) is 13.8. The molecule has 4 rings (SSSR count). The molecule has 1 unspecified atom stereocenters. The van der Waals surface area contributed by atoms with Crippen LogP contribution < -0.4 is 0 Å². The Labute approximate surface area is 154 Å². The van der Waals surface area contributed by atoms with Crippen molar-refractivity contribution in [1.82, 2.24) is 0 Å². The van der Waals surface area contributed by atoms with Gasteiger partial charge in [0.25, 0.3) is 0 Å². The Balaban J connectivity index is 1.65. The van der Waals surface area contributed by atoms with Gasteiger partial charge in [-0.25, -0.2) is 8.42 Å². The SMILES string of the molecule is O=S(CS(=O)(=O)c1ccc2ccccc2c1)c1ccc2ccccc2c1. The molecule has 0 aromatic heterocycles. The van der Waals surface area contributed by atoms with Gasteiger partial charge in [0.15, 0.2) is 9.84 Å². The summed E-state index contributed by atoms with van der Waals surface area (Å²) < 4.78 is 38.1. The van der Waals surface area contributed by atoms with Crippen molar-refractivity contribution >= 4 is 42.2 Å². The molecule has 0 N–H and O–H groups in total. The molecule has 0 fully saturated rings. The molecule has 0 bridgehead atoms. The lowest BCUT2D eigenvalue weighted by atomic mass is 10.1. The first kappa shape index (κ1) is 16.9. The summed E-state index contributed by atoms with van der Waals surface area (Å²) in [6, 6.07) is 25.7. The molecule has 0 saturated heterocycles. The first-order valence-electron chi connectivity index (χ1n) is 8.12. The third kappa shape index (κ3) is 3.28. The van der Waals surface area contributed by atoms with Crippen molar-refractivity contribution in [3.63, 3.8) is 0 Å². The van der Waals surface area contributed by atoms with E-state index < -0.39 is 25.7 Å². The van der Waals surface area contributed by atoms with Crippen molar-refractivity contribution < 1.29 is 12.6 Å². The number of rotatable bonds is 4. The van der Waals surface area contributed by atoms with Gasteiger partial charge in [-0.2, -0.15) is 0 Å². The third-order valence-corrected chi connectivity index (χ3v) is 8.18. The monoisotopic (exact) mass is 380 g/mol. The highest BCUT2D eigenvalue weighted by Gasteiger charge is 2.20. The van der Waals surface area contributed by atoms with Crippen LogP contribution in [-0.4, -0.2) is 17.7 Å². The summed E-state index contributed by atoms with van der Waals surface area (Å²) in [7, 11) is -5.28. The van der Waals surface area contributed by atoms with Crippen LogP contribution in [0.15, 0.2) is 94.7 Å². The number of fused-ring (bicyclic) bond motifs is 2. The van der Waals surface area contributed by atoms with Crippen LogP contribution in [0.2, 0.25) is 0 Å². The van der Waals surface area contributed by atoms with Crippen LogP contribution in [-0.2, 0) is 20.6 Å². The lowest BCUT2D eigenvalue weighted by Crippen LogP contribution is -2.12. The molecule has 0 aliphatic rings. The summed E-state index contributed by atoms with van der Waals surface area (Å²) in [4.78, 5) is 0.721. The molecule has 0 heterocycles. The molecule has 26 heavy (non-hydrogen) atoms. The number of hydrogen-bond acceptors (Lipinski definition) is 3. The summed E-state index contributed by atoms with van der Waals surface area (Å²) in [5.41, 5.74) is 0. The van der Waals surface area contributed by atoms with Crippen LogP contribution in [0.25, 0.3) is 21.5 Å². The second-order valence-electron chi connectivity index (χ2n) is 6.10. The Hall–Kier alpha value is -2.50. The third-order valence-electron chi connectivity index (χ3n) is 4.33. The van der Waals surface area contributed by atoms with Gasteiger partial charge in [-0.3, -0.25) is 4.21 Å². The molecule has 3 nitrogen and oxygen atoms in total. The zero-order valence-corrected chi connectivity index (χ0v) is 15.5. The molecular weight excluding hydrogens is 364 g/mol. The molecule has 1 atom stereocenters. The molecule has 0 aliphatic carbocycles. The highest BCUT2D eigenvalue weighted by Crippen LogP contribution is 2.23. The van der Waals surface area contributed by atoms with E-state index in [1.165, 1.54) is 0 Å². The highest BCUT2D eigenvalue weighted by molar-refractivity contribution is 8.05. The standard InChI is InChI=1S/C21H16O3S2/c22-25(20-11-9-16-5-1-3-7-18(16)13-20)15-26(23,24)21-12-10-17-6-2-4-8-19(17)14-21/h1-14H,15H2. The Morgan fingerprint density at radius 1 is 0.654 bits per heavy atom. The smallest absolute Gasteiger partial charge is 0.190 e. The summed E-state index contributed by atoms with van der Waals surface area (Å²) in [6.07, 6.45) is 0. The first-order chi connectivity index (χ1) is 12.5. The normalized spacial score (nSPS) is 13.1. The summed E-state index contributed by atoms with van der Waals surface area (Å²) in [6.45, 7) is 0. The second kappa shape index (κ2) is 6.67. The van der Waals surface area contributed by atoms with Gasteiger partial charge in [0.1, 0.15) is 5.08 Å². The minimum atomic E-state index is -3.65. The fourth-order valence-corrected chi connectivity index (χ4v) is 6.22. The average molecular weight is 380 g/mol. The van der Waals surface area contributed by atoms with Gasteiger partial charge in [-0.15, -0.1) is 0 Å². The lowest BCUT2D eigenvalue weighted by molar-refractivity contribution is 0.600. The molecule has 0 saturated carbocycles. The maximum Gasteiger partial charge on any atom is 0.190 e. The van der Waals surface area contributed by atoms with Crippen molar-refractivity contribution in [2.45, 2.75) is 9.79 Å². The van der Waals surface area contributed by atoms with E-state index in [2.05, 4.69) is 0 Å². The van der Waals surface area contributed by atoms with E-state index in [1.807, 2.05) is 54.6 Å². The Kier molecular flexibility index (Phi) is 4.34. The van der Waals surface area contributed by atoms with E-state index in [9.17, 15) is 12.6 Å². The van der Waals surface area contributed by atoms with Crippen LogP contribution in [0.5, 0.6) is 0 Å². The van der Waals surface area contributed by atoms with Crippen molar-refractivity contribution in [3.8, 4) is 0 Å². The van der Waals surface area contributed by atoms with Gasteiger partial charge in [-0.05, 0) is 45.8 Å². The van der Waals surface area contributed by atoms with Crippen molar-refractivity contribution in [1.29, 1.82) is 0 Å². The molecule has 0 amide bonds. The van der Waals surface area contributed by atoms with Gasteiger partial charge in [0.05, 0.1) is 15.7 Å². The largest absolute Gasteiger partial charge is 0.253 e. The quantitative estimate of drug-likeness (QED) is 0.523. The van der Waals surface area contributed by atoms with Gasteiger partial charge < -0.3 is 0 Å². The Morgan fingerprint density at radius 2 is 1.19 bits per heavy atom. The van der Waals surface area contributed by atoms with E-state index in [4.69, 9.17) is 0 Å². The topological polar surface area (TPSA) is 51.2 Å². The predicted molar refractivity (Wildman–Crippen MR) is 106 cm³/mol. The van der Waals surface area contributed by atoms with Crippen molar-refractivity contribution in [2.75, 3.05) is 5.08 Å². The first-order valence-corrected chi connectivity index (χ1v) is 11.1. The zero-order chi connectivity index (χ0) is 18.1. The Bertz CT molecular complexity index is 1240. The number of benzene rings is 4. The fraction of sp³-hybridized carbons (Fsp3) is 0.0476. The highest BCUT2D eigenvalue weighted by atomic mass is 32.3. The fourth-order valence-electron chi connectivity index (χ4n) is 2.95. The summed E-state index contributed by atoms with van der Waals surface area (Å²) >= 11 is 0. The van der Waals surface area contributed by atoms with Gasteiger partial charge in [0, 0.05) is 4.90 Å². The van der Waals surface area contributed by atoms with Gasteiger partial charge >= 0.3 is 0 Å². The second-order valence-corrected chi connectivity index (χ2v) is 9.90. The molecule has 130 valence electrons. The maximum absolute atomic E-state index is 12.7. The molecule has 0 aliphatic heterocycles. The van der Waals surface area contributed by atoms with E-state index in [-0.39, 0.29) is 4.90 Å². The average Bonchev–Trinajstić information content (AvgIpc) is 2.67. The summed E-state index contributed by atoms with van der Waals surface area (Å²) in [5.74, 6) is 0. The van der Waals surface area contributed by atoms with Gasteiger partial charge in [0.2, 0.25) is 0 Å². The van der Waals surface area contributed by atoms with Crippen molar-refractivity contribution in [2.24, 2.45) is 0 Å². The minimum absolute atomic E-state index is 0.199. The molecule has 4 aromatic rings. The van der Waals surface area contributed by atoms with E-state index in [0.717, 1.165) is 21.5 Å². The van der Waals surface area contributed by atoms with Crippen LogP contribution in [0.3, 0.4) is 0 Å². The van der Waals surface area contributed by atoms with Crippen LogP contribution in [0, 0.1) is 0 Å². The molecule has 0 spiro atoms. The van der Waals surface area contributed by atoms with E-state index in [0.29, 0.717) is 4.90 Å². The minimum Gasteiger partial charge on any atom is -0.253 e. The predicted octanol–water partition coefficient (Wildman–Crippen LogP) is 4.53. The molecular formula is C21H16O3S2. The van der Waals surface area contributed by atoms with E-state index >= 15 is 0 Å². The van der Waals surface area contributed by atoms with Crippen molar-refractivity contribution in [3.05, 3.63) is 84.9 Å². The van der Waals surface area contributed by atoms with Crippen LogP contribution >= 0.6 is 0 Å². The van der Waals surface area contributed by atoms with E-state index in [1.54, 1.807) is 30.3 Å². The summed E-state index contributed by atoms with van der Waals surface area (Å²) in [5, 5.41) is 3.38. The van der Waals surface area contributed by atoms with Crippen LogP contribution in [0.1, 0.15) is 0 Å². The van der Waals surface area contributed by atoms with Gasteiger partial charge in [-0.1, -0.05) is 60.7 Å². The Morgan fingerprint density at radius 3 is 1.85 bits per heavy atom. The molecule has 0 radical (unpaired) electrons. The molecule has 5 heteroatoms. The maximum atomic E-state index is 12.7. The number of sulfone groups is 1.